The van der Waals surface area contributed by atoms with Gasteiger partial charge in [-0.25, -0.2) is 4.98 Å². The minimum Gasteiger partial charge on any atom is -0.497 e. The van der Waals surface area contributed by atoms with Gasteiger partial charge in [-0.05, 0) is 17.7 Å². The Morgan fingerprint density at radius 1 is 1.18 bits per heavy atom. The Kier molecular flexibility index (Phi) is 4.68. The normalized spacial score (nSPS) is 12.8. The summed E-state index contributed by atoms with van der Waals surface area (Å²) in [4.78, 5) is 24.3. The highest BCUT2D eigenvalue weighted by molar-refractivity contribution is 5.91. The fraction of sp³-hybridized carbons (Fsp3) is 0.300. The van der Waals surface area contributed by atoms with Crippen LogP contribution in [0.1, 0.15) is 27.3 Å². The van der Waals surface area contributed by atoms with Crippen molar-refractivity contribution >= 4 is 11.7 Å². The van der Waals surface area contributed by atoms with Gasteiger partial charge in [0, 0.05) is 32.4 Å². The maximum Gasteiger partial charge on any atom is 0.273 e. The van der Waals surface area contributed by atoms with Gasteiger partial charge >= 0.3 is 0 Å². The van der Waals surface area contributed by atoms with Gasteiger partial charge in [-0.1, -0.05) is 12.1 Å². The molecule has 1 aromatic carbocycles. The molecular formula is C20H22N6O2. The SMILES string of the molecule is COc1ccc(Cn2cc3c(n2)CN(c2cncc(C(=O)N(C)C)n2)C3)cc1. The third kappa shape index (κ3) is 3.53. The van der Waals surface area contributed by atoms with Gasteiger partial charge in [0.2, 0.25) is 0 Å². The molecule has 0 bridgehead atoms. The van der Waals surface area contributed by atoms with Gasteiger partial charge in [0.25, 0.3) is 5.91 Å². The van der Waals surface area contributed by atoms with Gasteiger partial charge in [-0.2, -0.15) is 5.10 Å². The minimum atomic E-state index is -0.157. The van der Waals surface area contributed by atoms with Gasteiger partial charge in [-0.3, -0.25) is 14.5 Å². The highest BCUT2D eigenvalue weighted by Gasteiger charge is 2.25. The molecule has 0 N–H and O–H groups in total. The Morgan fingerprint density at radius 3 is 2.64 bits per heavy atom. The predicted octanol–water partition coefficient (Wildman–Crippen LogP) is 1.95. The van der Waals surface area contributed by atoms with Crippen molar-refractivity contribution in [2.24, 2.45) is 0 Å². The number of hydrogen-bond acceptors (Lipinski definition) is 6. The van der Waals surface area contributed by atoms with Gasteiger partial charge in [0.1, 0.15) is 17.3 Å². The van der Waals surface area contributed by atoms with Crippen LogP contribution in [0.2, 0.25) is 0 Å². The van der Waals surface area contributed by atoms with Crippen molar-refractivity contribution in [2.75, 3.05) is 26.1 Å². The first kappa shape index (κ1) is 18.0. The van der Waals surface area contributed by atoms with Crippen LogP contribution in [0.3, 0.4) is 0 Å². The zero-order valence-corrected chi connectivity index (χ0v) is 16.2. The lowest BCUT2D eigenvalue weighted by atomic mass is 10.2. The maximum atomic E-state index is 12.1. The summed E-state index contributed by atoms with van der Waals surface area (Å²) in [5.74, 6) is 1.38. The number of amides is 1. The van der Waals surface area contributed by atoms with E-state index in [1.165, 1.54) is 22.2 Å². The molecule has 0 aliphatic carbocycles. The lowest BCUT2D eigenvalue weighted by molar-refractivity contribution is 0.0821. The van der Waals surface area contributed by atoms with E-state index in [9.17, 15) is 4.79 Å². The number of carbonyl (C=O) groups excluding carboxylic acids is 1. The maximum absolute atomic E-state index is 12.1. The second kappa shape index (κ2) is 7.30. The van der Waals surface area contributed by atoms with Gasteiger partial charge in [0.15, 0.2) is 0 Å². The van der Waals surface area contributed by atoms with Crippen LogP contribution in [-0.4, -0.2) is 51.8 Å². The van der Waals surface area contributed by atoms with Gasteiger partial charge in [-0.15, -0.1) is 0 Å². The molecule has 0 fully saturated rings. The molecule has 8 nitrogen and oxygen atoms in total. The Hall–Kier alpha value is -3.42. The molecule has 0 atom stereocenters. The number of hydrogen-bond donors (Lipinski definition) is 0. The molecule has 1 aliphatic heterocycles. The van der Waals surface area contributed by atoms with E-state index in [-0.39, 0.29) is 5.91 Å². The number of benzene rings is 1. The smallest absolute Gasteiger partial charge is 0.273 e. The third-order valence-corrected chi connectivity index (χ3v) is 4.70. The highest BCUT2D eigenvalue weighted by atomic mass is 16.5. The van der Waals surface area contributed by atoms with E-state index in [1.54, 1.807) is 27.4 Å². The average Bonchev–Trinajstić information content (AvgIpc) is 3.26. The zero-order valence-electron chi connectivity index (χ0n) is 16.2. The van der Waals surface area contributed by atoms with Crippen LogP contribution in [0.25, 0.3) is 0 Å². The van der Waals surface area contributed by atoms with Gasteiger partial charge < -0.3 is 14.5 Å². The molecule has 144 valence electrons. The van der Waals surface area contributed by atoms with Crippen LogP contribution in [0, 0.1) is 0 Å². The number of fused-ring (bicyclic) bond motifs is 1. The van der Waals surface area contributed by atoms with Crippen molar-refractivity contribution in [1.82, 2.24) is 24.6 Å². The van der Waals surface area contributed by atoms with Crippen molar-refractivity contribution in [1.29, 1.82) is 0 Å². The van der Waals surface area contributed by atoms with Crippen molar-refractivity contribution in [3.05, 3.63) is 65.4 Å². The number of ether oxygens (including phenoxy) is 1. The second-order valence-corrected chi connectivity index (χ2v) is 6.96. The molecule has 1 amide bonds. The molecule has 0 radical (unpaired) electrons. The van der Waals surface area contributed by atoms with E-state index in [1.807, 2.05) is 28.9 Å². The molecule has 3 heterocycles. The van der Waals surface area contributed by atoms with E-state index in [4.69, 9.17) is 9.84 Å². The molecular weight excluding hydrogens is 356 g/mol. The van der Waals surface area contributed by atoms with E-state index in [0.29, 0.717) is 31.1 Å². The van der Waals surface area contributed by atoms with E-state index in [2.05, 4.69) is 21.1 Å². The molecule has 0 saturated carbocycles. The lowest BCUT2D eigenvalue weighted by Crippen LogP contribution is -2.24. The average molecular weight is 378 g/mol. The fourth-order valence-corrected chi connectivity index (χ4v) is 3.21. The first-order valence-corrected chi connectivity index (χ1v) is 9.00. The number of anilines is 1. The molecule has 1 aliphatic rings. The standard InChI is InChI=1S/C20H22N6O2/c1-24(2)20(27)17-8-21-9-19(22-17)25-11-15-12-26(23-18(15)13-25)10-14-4-6-16(28-3)7-5-14/h4-9,12H,10-11,13H2,1-3H3. The molecule has 4 rings (SSSR count). The summed E-state index contributed by atoms with van der Waals surface area (Å²) >= 11 is 0. The minimum absolute atomic E-state index is 0.157. The summed E-state index contributed by atoms with van der Waals surface area (Å²) in [5, 5.41) is 4.71. The van der Waals surface area contributed by atoms with Crippen LogP contribution in [0.4, 0.5) is 5.82 Å². The van der Waals surface area contributed by atoms with Crippen molar-refractivity contribution in [2.45, 2.75) is 19.6 Å². The number of carbonyl (C=O) groups is 1. The molecule has 3 aromatic rings. The molecule has 0 unspecified atom stereocenters. The Bertz CT molecular complexity index is 973. The number of rotatable bonds is 5. The van der Waals surface area contributed by atoms with E-state index >= 15 is 0 Å². The van der Waals surface area contributed by atoms with Gasteiger partial charge in [0.05, 0.1) is 38.3 Å². The second-order valence-electron chi connectivity index (χ2n) is 6.96. The van der Waals surface area contributed by atoms with Crippen LogP contribution in [-0.2, 0) is 19.6 Å². The Morgan fingerprint density at radius 2 is 1.96 bits per heavy atom. The van der Waals surface area contributed by atoms with Crippen LogP contribution in [0.15, 0.2) is 42.9 Å². The van der Waals surface area contributed by atoms with Crippen molar-refractivity contribution in [3.63, 3.8) is 0 Å². The summed E-state index contributed by atoms with van der Waals surface area (Å²) in [6.45, 7) is 2.06. The third-order valence-electron chi connectivity index (χ3n) is 4.70. The molecule has 0 spiro atoms. The van der Waals surface area contributed by atoms with Crippen LogP contribution in [0.5, 0.6) is 5.75 Å². The molecule has 0 saturated heterocycles. The first-order chi connectivity index (χ1) is 13.5. The number of aromatic nitrogens is 4. The van der Waals surface area contributed by atoms with Crippen LogP contribution >= 0.6 is 0 Å². The van der Waals surface area contributed by atoms with E-state index < -0.39 is 0 Å². The summed E-state index contributed by atoms with van der Waals surface area (Å²) in [7, 11) is 5.07. The Balaban J connectivity index is 1.46. The predicted molar refractivity (Wildman–Crippen MR) is 104 cm³/mol. The summed E-state index contributed by atoms with van der Waals surface area (Å²) in [6, 6.07) is 7.99. The van der Waals surface area contributed by atoms with Crippen molar-refractivity contribution < 1.29 is 9.53 Å². The first-order valence-electron chi connectivity index (χ1n) is 9.00. The number of nitrogens with zero attached hydrogens (tertiary/aromatic N) is 6. The monoisotopic (exact) mass is 378 g/mol. The van der Waals surface area contributed by atoms with E-state index in [0.717, 1.165) is 11.4 Å². The summed E-state index contributed by atoms with van der Waals surface area (Å²) in [6.07, 6.45) is 5.25. The lowest BCUT2D eigenvalue weighted by Gasteiger charge is -2.17. The highest BCUT2D eigenvalue weighted by Crippen LogP contribution is 2.26. The van der Waals surface area contributed by atoms with Crippen molar-refractivity contribution in [3.8, 4) is 5.75 Å². The van der Waals surface area contributed by atoms with Crippen LogP contribution < -0.4 is 9.64 Å². The summed E-state index contributed by atoms with van der Waals surface area (Å²) < 4.78 is 7.16. The quantitative estimate of drug-likeness (QED) is 0.675. The fourth-order valence-electron chi connectivity index (χ4n) is 3.21. The Labute approximate surface area is 163 Å². The summed E-state index contributed by atoms with van der Waals surface area (Å²) in [5.41, 5.74) is 3.70. The molecule has 2 aromatic heterocycles. The molecule has 8 heteroatoms. The topological polar surface area (TPSA) is 76.4 Å². The molecule has 28 heavy (non-hydrogen) atoms. The zero-order chi connectivity index (χ0) is 19.7. The largest absolute Gasteiger partial charge is 0.497 e. The number of methoxy groups -OCH3 is 1.